The standard InChI is InChI=1S/C8H7F3N2O2/c9-8(10,11)7(1-2-7)5-3-6(12-4-14)13-15-5/h3-4H,1-2H2,(H,12,13,14). The van der Waals surface area contributed by atoms with E-state index in [1.165, 1.54) is 0 Å². The molecule has 0 aliphatic heterocycles. The van der Waals surface area contributed by atoms with Crippen LogP contribution >= 0.6 is 0 Å². The Balaban J connectivity index is 2.26. The molecule has 2 rings (SSSR count). The number of carbonyl (C=O) groups excluding carboxylic acids is 1. The second kappa shape index (κ2) is 2.98. The first-order valence-electron chi connectivity index (χ1n) is 4.24. The van der Waals surface area contributed by atoms with Crippen LogP contribution in [0.2, 0.25) is 0 Å². The number of nitrogens with zero attached hydrogens (tertiary/aromatic N) is 1. The second-order valence-electron chi connectivity index (χ2n) is 3.42. The van der Waals surface area contributed by atoms with Gasteiger partial charge in [0.15, 0.2) is 11.6 Å². The van der Waals surface area contributed by atoms with Crippen LogP contribution in [0.25, 0.3) is 0 Å². The summed E-state index contributed by atoms with van der Waals surface area (Å²) in [6.45, 7) is 0. The molecule has 1 N–H and O–H groups in total. The number of anilines is 1. The predicted octanol–water partition coefficient (Wildman–Crippen LogP) is 1.84. The zero-order valence-electron chi connectivity index (χ0n) is 7.47. The molecule has 1 aliphatic carbocycles. The summed E-state index contributed by atoms with van der Waals surface area (Å²) < 4.78 is 42.4. The van der Waals surface area contributed by atoms with Crippen LogP contribution < -0.4 is 5.32 Å². The lowest BCUT2D eigenvalue weighted by Gasteiger charge is -2.14. The summed E-state index contributed by atoms with van der Waals surface area (Å²) in [5.41, 5.74) is -1.89. The van der Waals surface area contributed by atoms with Crippen LogP contribution in [-0.2, 0) is 10.2 Å². The summed E-state index contributed by atoms with van der Waals surface area (Å²) in [6, 6.07) is 1.11. The third kappa shape index (κ3) is 1.47. The van der Waals surface area contributed by atoms with E-state index in [-0.39, 0.29) is 24.4 Å². The highest BCUT2D eigenvalue weighted by Crippen LogP contribution is 2.59. The molecule has 1 fully saturated rings. The van der Waals surface area contributed by atoms with Gasteiger partial charge >= 0.3 is 6.18 Å². The van der Waals surface area contributed by atoms with Gasteiger partial charge in [-0.1, -0.05) is 5.16 Å². The molecular formula is C8H7F3N2O2. The van der Waals surface area contributed by atoms with Crippen molar-refractivity contribution in [2.75, 3.05) is 5.32 Å². The summed E-state index contributed by atoms with van der Waals surface area (Å²) in [7, 11) is 0. The number of aromatic nitrogens is 1. The largest absolute Gasteiger partial charge is 0.401 e. The van der Waals surface area contributed by atoms with Crippen LogP contribution in [0.4, 0.5) is 19.0 Å². The molecular weight excluding hydrogens is 213 g/mol. The van der Waals surface area contributed by atoms with Gasteiger partial charge in [0.1, 0.15) is 5.41 Å². The molecule has 4 nitrogen and oxygen atoms in total. The topological polar surface area (TPSA) is 55.1 Å². The number of halogens is 3. The number of nitrogens with one attached hydrogen (secondary N) is 1. The first-order chi connectivity index (χ1) is 6.99. The lowest BCUT2D eigenvalue weighted by molar-refractivity contribution is -0.165. The Morgan fingerprint density at radius 1 is 1.53 bits per heavy atom. The Hall–Kier alpha value is -1.53. The van der Waals surface area contributed by atoms with Crippen LogP contribution in [0.5, 0.6) is 0 Å². The molecule has 0 atom stereocenters. The number of amides is 1. The van der Waals surface area contributed by atoms with E-state index in [4.69, 9.17) is 0 Å². The third-order valence-corrected chi connectivity index (χ3v) is 2.48. The van der Waals surface area contributed by atoms with E-state index in [2.05, 4.69) is 15.0 Å². The minimum atomic E-state index is -4.33. The summed E-state index contributed by atoms with van der Waals surface area (Å²) >= 11 is 0. The fourth-order valence-corrected chi connectivity index (χ4v) is 1.42. The van der Waals surface area contributed by atoms with E-state index in [1.54, 1.807) is 0 Å². The van der Waals surface area contributed by atoms with Gasteiger partial charge in [0.05, 0.1) is 0 Å². The maximum atomic E-state index is 12.6. The van der Waals surface area contributed by atoms with Crippen molar-refractivity contribution in [1.82, 2.24) is 5.16 Å². The predicted molar refractivity (Wildman–Crippen MR) is 43.2 cm³/mol. The highest BCUT2D eigenvalue weighted by atomic mass is 19.4. The second-order valence-corrected chi connectivity index (χ2v) is 3.42. The van der Waals surface area contributed by atoms with Gasteiger partial charge in [0.2, 0.25) is 6.41 Å². The smallest absolute Gasteiger partial charge is 0.358 e. The van der Waals surface area contributed by atoms with E-state index in [0.29, 0.717) is 6.41 Å². The van der Waals surface area contributed by atoms with Crippen LogP contribution in [0.1, 0.15) is 18.6 Å². The zero-order valence-corrected chi connectivity index (χ0v) is 7.47. The number of hydrogen-bond acceptors (Lipinski definition) is 3. The molecule has 15 heavy (non-hydrogen) atoms. The summed E-state index contributed by atoms with van der Waals surface area (Å²) in [5, 5.41) is 5.43. The molecule has 0 saturated heterocycles. The molecule has 82 valence electrons. The van der Waals surface area contributed by atoms with Gasteiger partial charge in [-0.2, -0.15) is 13.2 Å². The van der Waals surface area contributed by atoms with Crippen LogP contribution in [0, 0.1) is 0 Å². The highest BCUT2D eigenvalue weighted by Gasteiger charge is 2.66. The highest BCUT2D eigenvalue weighted by molar-refractivity contribution is 5.68. The average molecular weight is 220 g/mol. The molecule has 1 aromatic heterocycles. The SMILES string of the molecule is O=CNc1cc(C2(C(F)(F)F)CC2)on1. The van der Waals surface area contributed by atoms with E-state index in [1.807, 2.05) is 0 Å². The van der Waals surface area contributed by atoms with Crippen LogP contribution in [0.15, 0.2) is 10.6 Å². The number of carbonyl (C=O) groups is 1. The Morgan fingerprint density at radius 3 is 2.67 bits per heavy atom. The molecule has 0 unspecified atom stereocenters. The summed E-state index contributed by atoms with van der Waals surface area (Å²) in [5.74, 6) is -0.241. The number of rotatable bonds is 3. The molecule has 0 aromatic carbocycles. The Labute approximate surface area is 82.4 Å². The van der Waals surface area contributed by atoms with Gasteiger partial charge in [-0.15, -0.1) is 0 Å². The van der Waals surface area contributed by atoms with Crippen molar-refractivity contribution in [2.24, 2.45) is 0 Å². The van der Waals surface area contributed by atoms with Gasteiger partial charge in [-0.3, -0.25) is 4.79 Å². The third-order valence-electron chi connectivity index (χ3n) is 2.48. The Kier molecular flexibility index (Phi) is 1.99. The van der Waals surface area contributed by atoms with Gasteiger partial charge < -0.3 is 9.84 Å². The molecule has 1 amide bonds. The Morgan fingerprint density at radius 2 is 2.20 bits per heavy atom. The van der Waals surface area contributed by atoms with Crippen molar-refractivity contribution in [3.05, 3.63) is 11.8 Å². The maximum absolute atomic E-state index is 12.6. The number of alkyl halides is 3. The molecule has 0 bridgehead atoms. The molecule has 7 heteroatoms. The fourth-order valence-electron chi connectivity index (χ4n) is 1.42. The van der Waals surface area contributed by atoms with Crippen molar-refractivity contribution >= 4 is 12.2 Å². The molecule has 1 aromatic rings. The molecule has 1 aliphatic rings. The summed E-state index contributed by atoms with van der Waals surface area (Å²) in [6.07, 6.45) is -3.99. The first kappa shape index (κ1) is 10.0. The summed E-state index contributed by atoms with van der Waals surface area (Å²) in [4.78, 5) is 10.0. The van der Waals surface area contributed by atoms with Crippen molar-refractivity contribution in [2.45, 2.75) is 24.4 Å². The van der Waals surface area contributed by atoms with Crippen molar-refractivity contribution in [1.29, 1.82) is 0 Å². The van der Waals surface area contributed by atoms with Crippen molar-refractivity contribution < 1.29 is 22.5 Å². The Bertz CT molecular complexity index is 381. The molecule has 0 spiro atoms. The average Bonchev–Trinajstić information content (AvgIpc) is 2.83. The zero-order chi connectivity index (χ0) is 11.1. The van der Waals surface area contributed by atoms with E-state index >= 15 is 0 Å². The quantitative estimate of drug-likeness (QED) is 0.790. The fraction of sp³-hybridized carbons (Fsp3) is 0.500. The van der Waals surface area contributed by atoms with Gasteiger partial charge in [-0.05, 0) is 12.8 Å². The van der Waals surface area contributed by atoms with Gasteiger partial charge in [-0.25, -0.2) is 0 Å². The van der Waals surface area contributed by atoms with E-state index in [0.717, 1.165) is 6.07 Å². The molecule has 0 radical (unpaired) electrons. The first-order valence-corrected chi connectivity index (χ1v) is 4.24. The van der Waals surface area contributed by atoms with E-state index < -0.39 is 11.6 Å². The van der Waals surface area contributed by atoms with Crippen molar-refractivity contribution in [3.8, 4) is 0 Å². The minimum Gasteiger partial charge on any atom is -0.358 e. The lowest BCUT2D eigenvalue weighted by Crippen LogP contribution is -2.28. The van der Waals surface area contributed by atoms with Crippen LogP contribution in [-0.4, -0.2) is 17.7 Å². The molecule has 1 saturated carbocycles. The minimum absolute atomic E-state index is 0.00414. The normalized spacial score (nSPS) is 18.6. The molecule has 1 heterocycles. The van der Waals surface area contributed by atoms with Crippen LogP contribution in [0.3, 0.4) is 0 Å². The van der Waals surface area contributed by atoms with Crippen molar-refractivity contribution in [3.63, 3.8) is 0 Å². The number of hydrogen-bond donors (Lipinski definition) is 1. The van der Waals surface area contributed by atoms with Gasteiger partial charge in [0, 0.05) is 6.07 Å². The maximum Gasteiger partial charge on any atom is 0.401 e. The lowest BCUT2D eigenvalue weighted by atomic mass is 10.0. The van der Waals surface area contributed by atoms with E-state index in [9.17, 15) is 18.0 Å². The van der Waals surface area contributed by atoms with Gasteiger partial charge in [0.25, 0.3) is 0 Å². The monoisotopic (exact) mass is 220 g/mol.